The average molecular weight is 374 g/mol. The van der Waals surface area contributed by atoms with Crippen LogP contribution in [0, 0.1) is 11.7 Å². The second-order valence-corrected chi connectivity index (χ2v) is 7.47. The van der Waals surface area contributed by atoms with E-state index in [9.17, 15) is 18.8 Å². The highest BCUT2D eigenvalue weighted by Gasteiger charge is 2.38. The summed E-state index contributed by atoms with van der Waals surface area (Å²) in [4.78, 5) is 39.8. The average Bonchev–Trinajstić information content (AvgIpc) is 3.45. The van der Waals surface area contributed by atoms with Crippen LogP contribution in [0.15, 0.2) is 24.3 Å². The zero-order valence-corrected chi connectivity index (χ0v) is 15.0. The van der Waals surface area contributed by atoms with Crippen molar-refractivity contribution in [2.24, 2.45) is 5.92 Å². The molecule has 8 heteroatoms. The molecular formula is C19H23FN4O3. The molecule has 0 aromatic heterocycles. The number of benzene rings is 1. The molecule has 1 aliphatic carbocycles. The highest BCUT2D eigenvalue weighted by molar-refractivity contribution is 5.99. The fraction of sp³-hybridized carbons (Fsp3) is 0.526. The van der Waals surface area contributed by atoms with Gasteiger partial charge in [0.15, 0.2) is 0 Å². The van der Waals surface area contributed by atoms with Gasteiger partial charge in [-0.25, -0.2) is 9.18 Å². The van der Waals surface area contributed by atoms with Crippen molar-refractivity contribution in [2.45, 2.75) is 37.8 Å². The van der Waals surface area contributed by atoms with E-state index >= 15 is 0 Å². The van der Waals surface area contributed by atoms with Gasteiger partial charge in [-0.2, -0.15) is 0 Å². The van der Waals surface area contributed by atoms with Gasteiger partial charge >= 0.3 is 6.03 Å². The van der Waals surface area contributed by atoms with E-state index in [2.05, 4.69) is 10.6 Å². The Bertz CT molecular complexity index is 761. The second-order valence-electron chi connectivity index (χ2n) is 7.47. The van der Waals surface area contributed by atoms with Crippen molar-refractivity contribution >= 4 is 23.5 Å². The van der Waals surface area contributed by atoms with Crippen LogP contribution in [0.25, 0.3) is 0 Å². The van der Waals surface area contributed by atoms with E-state index in [4.69, 9.17) is 0 Å². The minimum absolute atomic E-state index is 0.0131. The van der Waals surface area contributed by atoms with Crippen LogP contribution in [0.4, 0.5) is 14.9 Å². The van der Waals surface area contributed by atoms with E-state index < -0.39 is 11.9 Å². The number of amides is 4. The zero-order valence-electron chi connectivity index (χ0n) is 15.0. The van der Waals surface area contributed by atoms with Crippen molar-refractivity contribution in [3.63, 3.8) is 0 Å². The molecule has 2 saturated heterocycles. The number of anilines is 1. The Balaban J connectivity index is 1.30. The van der Waals surface area contributed by atoms with Crippen molar-refractivity contribution in [1.82, 2.24) is 15.5 Å². The first-order chi connectivity index (χ1) is 13.0. The summed E-state index contributed by atoms with van der Waals surface area (Å²) in [6.45, 7) is 1.33. The lowest BCUT2D eigenvalue weighted by Crippen LogP contribution is -2.65. The molecule has 2 heterocycles. The molecule has 1 aromatic rings. The van der Waals surface area contributed by atoms with Gasteiger partial charge in [0, 0.05) is 25.6 Å². The lowest BCUT2D eigenvalue weighted by atomic mass is 10.0. The Labute approximate surface area is 156 Å². The van der Waals surface area contributed by atoms with Gasteiger partial charge in [-0.3, -0.25) is 9.59 Å². The van der Waals surface area contributed by atoms with Crippen LogP contribution < -0.4 is 15.5 Å². The fourth-order valence-electron chi connectivity index (χ4n) is 3.56. The number of carbonyl (C=O) groups excluding carboxylic acids is 3. The highest BCUT2D eigenvalue weighted by atomic mass is 19.1. The molecule has 0 bridgehead atoms. The lowest BCUT2D eigenvalue weighted by Gasteiger charge is -2.41. The molecule has 4 amide bonds. The molecule has 0 radical (unpaired) electrons. The maximum absolute atomic E-state index is 14.0. The molecule has 1 atom stereocenters. The summed E-state index contributed by atoms with van der Waals surface area (Å²) < 4.78 is 14.0. The van der Waals surface area contributed by atoms with Gasteiger partial charge in [-0.1, -0.05) is 12.1 Å². The molecule has 3 fully saturated rings. The topological polar surface area (TPSA) is 81.8 Å². The van der Waals surface area contributed by atoms with Crippen molar-refractivity contribution in [1.29, 1.82) is 0 Å². The van der Waals surface area contributed by atoms with Crippen molar-refractivity contribution < 1.29 is 18.8 Å². The smallest absolute Gasteiger partial charge is 0.318 e. The number of hydrogen-bond donors (Lipinski definition) is 2. The molecular weight excluding hydrogens is 351 g/mol. The van der Waals surface area contributed by atoms with E-state index in [1.807, 2.05) is 0 Å². The molecule has 144 valence electrons. The van der Waals surface area contributed by atoms with E-state index in [1.165, 1.54) is 11.0 Å². The van der Waals surface area contributed by atoms with Crippen LogP contribution in [0.3, 0.4) is 0 Å². The molecule has 3 aliphatic rings. The third-order valence-corrected chi connectivity index (χ3v) is 5.34. The third kappa shape index (κ3) is 3.74. The van der Waals surface area contributed by atoms with E-state index in [0.29, 0.717) is 32.5 Å². The van der Waals surface area contributed by atoms with Gasteiger partial charge in [0.05, 0.1) is 11.7 Å². The molecule has 2 aliphatic heterocycles. The minimum Gasteiger partial charge on any atom is -0.350 e. The quantitative estimate of drug-likeness (QED) is 0.832. The summed E-state index contributed by atoms with van der Waals surface area (Å²) in [5, 5.41) is 5.69. The predicted octanol–water partition coefficient (Wildman–Crippen LogP) is 1.24. The van der Waals surface area contributed by atoms with Gasteiger partial charge < -0.3 is 20.4 Å². The molecule has 4 rings (SSSR count). The Morgan fingerprint density at radius 1 is 1.07 bits per heavy atom. The lowest BCUT2D eigenvalue weighted by molar-refractivity contribution is -0.123. The fourth-order valence-corrected chi connectivity index (χ4v) is 3.56. The molecule has 27 heavy (non-hydrogen) atoms. The largest absolute Gasteiger partial charge is 0.350 e. The van der Waals surface area contributed by atoms with Gasteiger partial charge in [-0.05, 0) is 37.8 Å². The van der Waals surface area contributed by atoms with E-state index in [1.54, 1.807) is 23.1 Å². The van der Waals surface area contributed by atoms with Crippen LogP contribution in [0.5, 0.6) is 0 Å². The molecule has 1 unspecified atom stereocenters. The summed E-state index contributed by atoms with van der Waals surface area (Å²) in [6.07, 6.45) is 3.12. The Hall–Kier alpha value is -2.64. The number of halogens is 1. The van der Waals surface area contributed by atoms with Gasteiger partial charge in [0.2, 0.25) is 11.8 Å². The number of rotatable bonds is 4. The van der Waals surface area contributed by atoms with Crippen molar-refractivity contribution in [3.05, 3.63) is 30.1 Å². The highest BCUT2D eigenvalue weighted by Crippen LogP contribution is 2.29. The number of carbonyl (C=O) groups is 3. The number of hydrogen-bond acceptors (Lipinski definition) is 3. The first-order valence-corrected chi connectivity index (χ1v) is 9.44. The number of para-hydroxylation sites is 1. The Morgan fingerprint density at radius 2 is 1.81 bits per heavy atom. The van der Waals surface area contributed by atoms with E-state index in [-0.39, 0.29) is 35.5 Å². The maximum Gasteiger partial charge on any atom is 0.318 e. The normalized spacial score (nSPS) is 23.0. The number of urea groups is 1. The standard InChI is InChI=1S/C19H23FN4O3/c20-14-4-1-2-6-16(14)24-9-3-5-15(18(24)26)22-19(27)23-10-13(11-23)21-17(25)12-7-8-12/h1-2,4,6,12-13,15H,3,5,7-11H2,(H,21,25)(H,22,27). The Morgan fingerprint density at radius 3 is 2.52 bits per heavy atom. The first-order valence-electron chi connectivity index (χ1n) is 9.44. The predicted molar refractivity (Wildman–Crippen MR) is 96.5 cm³/mol. The molecule has 1 aromatic carbocycles. The molecule has 0 spiro atoms. The monoisotopic (exact) mass is 374 g/mol. The number of piperidine rings is 1. The molecule has 7 nitrogen and oxygen atoms in total. The molecule has 2 N–H and O–H groups in total. The van der Waals surface area contributed by atoms with Crippen LogP contribution in [-0.4, -0.2) is 54.5 Å². The van der Waals surface area contributed by atoms with Crippen LogP contribution in [0.2, 0.25) is 0 Å². The van der Waals surface area contributed by atoms with Crippen LogP contribution in [0.1, 0.15) is 25.7 Å². The van der Waals surface area contributed by atoms with Crippen LogP contribution >= 0.6 is 0 Å². The summed E-state index contributed by atoms with van der Waals surface area (Å²) in [6, 6.07) is 5.16. The SMILES string of the molecule is O=C(NC1CN(C(=O)NC2CCCN(c3ccccc3F)C2=O)C1)C1CC1. The first kappa shape index (κ1) is 17.8. The zero-order chi connectivity index (χ0) is 19.0. The molecule has 1 saturated carbocycles. The van der Waals surface area contributed by atoms with Crippen LogP contribution in [-0.2, 0) is 9.59 Å². The summed E-state index contributed by atoms with van der Waals surface area (Å²) >= 11 is 0. The third-order valence-electron chi connectivity index (χ3n) is 5.34. The summed E-state index contributed by atoms with van der Waals surface area (Å²) in [7, 11) is 0. The van der Waals surface area contributed by atoms with Gasteiger partial charge in [0.25, 0.3) is 0 Å². The van der Waals surface area contributed by atoms with E-state index in [0.717, 1.165) is 12.8 Å². The number of likely N-dealkylation sites (tertiary alicyclic amines) is 1. The van der Waals surface area contributed by atoms with Gasteiger partial charge in [0.1, 0.15) is 11.9 Å². The Kier molecular flexibility index (Phi) is 4.72. The van der Waals surface area contributed by atoms with Gasteiger partial charge in [-0.15, -0.1) is 0 Å². The number of nitrogens with one attached hydrogen (secondary N) is 2. The maximum atomic E-state index is 14.0. The second kappa shape index (κ2) is 7.17. The van der Waals surface area contributed by atoms with Crippen molar-refractivity contribution in [2.75, 3.05) is 24.5 Å². The summed E-state index contributed by atoms with van der Waals surface area (Å²) in [5.74, 6) is -0.520. The number of nitrogens with zero attached hydrogens (tertiary/aromatic N) is 2. The minimum atomic E-state index is -0.661. The van der Waals surface area contributed by atoms with Crippen molar-refractivity contribution in [3.8, 4) is 0 Å². The summed E-state index contributed by atoms with van der Waals surface area (Å²) in [5.41, 5.74) is 0.244.